The molecule has 0 aromatic carbocycles. The van der Waals surface area contributed by atoms with E-state index in [1.807, 2.05) is 25.5 Å². The van der Waals surface area contributed by atoms with Crippen LogP contribution in [0.3, 0.4) is 0 Å². The molecule has 0 saturated carbocycles. The van der Waals surface area contributed by atoms with Crippen LogP contribution in [0.5, 0.6) is 0 Å². The molecule has 0 heterocycles. The average Bonchev–Trinajstić information content (AvgIpc) is 1.77. The Balaban J connectivity index is 2.63. The Morgan fingerprint density at radius 1 is 1.75 bits per heavy atom. The van der Waals surface area contributed by atoms with Gasteiger partial charge in [-0.05, 0) is 0 Å². The summed E-state index contributed by atoms with van der Waals surface area (Å²) in [5.74, 6) is 0. The van der Waals surface area contributed by atoms with Crippen molar-refractivity contribution in [1.29, 1.82) is 0 Å². The highest BCUT2D eigenvalue weighted by Gasteiger charge is 1.93. The summed E-state index contributed by atoms with van der Waals surface area (Å²) >= 11 is 0. The number of allylic oxidation sites excluding steroid dienone is 2. The second-order valence-electron chi connectivity index (χ2n) is 1.93. The summed E-state index contributed by atoms with van der Waals surface area (Å²) < 4.78 is 0. The molecule has 0 aliphatic heterocycles. The SMILES string of the molecule is CC1=C[CH-]C=C[C@@H]1O. The Kier molecular flexibility index (Phi) is 1.40. The van der Waals surface area contributed by atoms with Gasteiger partial charge >= 0.3 is 0 Å². The van der Waals surface area contributed by atoms with E-state index in [1.165, 1.54) is 0 Å². The smallest absolute Gasteiger partial charge is 0.00732 e. The molecular formula is C7H9O-. The van der Waals surface area contributed by atoms with Crippen LogP contribution in [0.1, 0.15) is 6.92 Å². The minimum atomic E-state index is -0.347. The number of rotatable bonds is 0. The molecule has 1 heteroatoms. The summed E-state index contributed by atoms with van der Waals surface area (Å²) in [5, 5.41) is 9.00. The van der Waals surface area contributed by atoms with E-state index in [4.69, 9.17) is 5.11 Å². The third kappa shape index (κ3) is 0.928. The lowest BCUT2D eigenvalue weighted by Crippen LogP contribution is -2.05. The second kappa shape index (κ2) is 2.05. The lowest BCUT2D eigenvalue weighted by molar-refractivity contribution is 0.258. The Hall–Kier alpha value is -0.690. The zero-order valence-electron chi connectivity index (χ0n) is 4.83. The topological polar surface area (TPSA) is 20.2 Å². The lowest BCUT2D eigenvalue weighted by atomic mass is 10.1. The number of hydrogen-bond acceptors (Lipinski definition) is 1. The Bertz CT molecular complexity index is 133. The molecule has 1 nitrogen and oxygen atoms in total. The van der Waals surface area contributed by atoms with Crippen LogP contribution < -0.4 is 0 Å². The highest BCUT2D eigenvalue weighted by Crippen LogP contribution is 2.08. The van der Waals surface area contributed by atoms with Crippen LogP contribution in [-0.4, -0.2) is 11.2 Å². The van der Waals surface area contributed by atoms with Crippen LogP contribution in [0, 0.1) is 6.42 Å². The molecule has 0 aromatic rings. The molecule has 0 amide bonds. The van der Waals surface area contributed by atoms with Gasteiger partial charge in [0.2, 0.25) is 0 Å². The van der Waals surface area contributed by atoms with Gasteiger partial charge in [0.15, 0.2) is 0 Å². The highest BCUT2D eigenvalue weighted by atomic mass is 16.3. The van der Waals surface area contributed by atoms with Gasteiger partial charge in [-0.25, -0.2) is 0 Å². The van der Waals surface area contributed by atoms with E-state index in [1.54, 1.807) is 6.08 Å². The standard InChI is InChI=1S/C7H9O/c1-6-4-2-3-5-7(6)8/h2-5,7-8H,1H3/q-1/t7-/m0/s1. The molecule has 0 bridgehead atoms. The molecule has 1 N–H and O–H groups in total. The van der Waals surface area contributed by atoms with Crippen molar-refractivity contribution in [3.05, 3.63) is 30.2 Å². The van der Waals surface area contributed by atoms with Crippen LogP contribution in [0.25, 0.3) is 0 Å². The predicted octanol–water partition coefficient (Wildman–Crippen LogP) is 1.07. The molecule has 1 aliphatic carbocycles. The van der Waals surface area contributed by atoms with Crippen LogP contribution >= 0.6 is 0 Å². The van der Waals surface area contributed by atoms with Gasteiger partial charge in [0.1, 0.15) is 0 Å². The molecule has 8 heavy (non-hydrogen) atoms. The van der Waals surface area contributed by atoms with Gasteiger partial charge in [0, 0.05) is 6.10 Å². The van der Waals surface area contributed by atoms with E-state index >= 15 is 0 Å². The number of aliphatic hydroxyl groups is 1. The zero-order valence-corrected chi connectivity index (χ0v) is 4.83. The maximum atomic E-state index is 9.00. The van der Waals surface area contributed by atoms with Gasteiger partial charge in [-0.2, -0.15) is 24.6 Å². The van der Waals surface area contributed by atoms with Crippen molar-refractivity contribution in [2.75, 3.05) is 0 Å². The van der Waals surface area contributed by atoms with E-state index in [2.05, 4.69) is 0 Å². The number of aliphatic hydroxyl groups excluding tert-OH is 1. The van der Waals surface area contributed by atoms with Crippen molar-refractivity contribution in [2.45, 2.75) is 13.0 Å². The van der Waals surface area contributed by atoms with Crippen LogP contribution in [0.2, 0.25) is 0 Å². The molecule has 0 saturated heterocycles. The molecule has 1 aliphatic rings. The second-order valence-corrected chi connectivity index (χ2v) is 1.93. The maximum absolute atomic E-state index is 9.00. The molecule has 0 aromatic heterocycles. The quantitative estimate of drug-likeness (QED) is 0.461. The summed E-state index contributed by atoms with van der Waals surface area (Å²) in [4.78, 5) is 0. The molecule has 0 spiro atoms. The van der Waals surface area contributed by atoms with E-state index < -0.39 is 0 Å². The Morgan fingerprint density at radius 2 is 2.50 bits per heavy atom. The Morgan fingerprint density at radius 3 is 2.88 bits per heavy atom. The van der Waals surface area contributed by atoms with Crippen molar-refractivity contribution in [2.24, 2.45) is 0 Å². The highest BCUT2D eigenvalue weighted by molar-refractivity contribution is 5.26. The third-order valence-corrected chi connectivity index (χ3v) is 1.23. The minimum absolute atomic E-state index is 0.347. The fraction of sp³-hybridized carbons (Fsp3) is 0.286. The zero-order chi connectivity index (χ0) is 5.98. The fourth-order valence-electron chi connectivity index (χ4n) is 0.627. The van der Waals surface area contributed by atoms with Gasteiger partial charge in [0.05, 0.1) is 0 Å². The van der Waals surface area contributed by atoms with E-state index in [-0.39, 0.29) is 6.10 Å². The molecule has 1 atom stereocenters. The minimum Gasteiger partial charge on any atom is -0.409 e. The van der Waals surface area contributed by atoms with Crippen LogP contribution in [0.4, 0.5) is 0 Å². The van der Waals surface area contributed by atoms with Crippen molar-refractivity contribution in [3.63, 3.8) is 0 Å². The van der Waals surface area contributed by atoms with Crippen molar-refractivity contribution in [1.82, 2.24) is 0 Å². The molecular weight excluding hydrogens is 100 g/mol. The van der Waals surface area contributed by atoms with Crippen LogP contribution in [0.15, 0.2) is 23.8 Å². The predicted molar refractivity (Wildman–Crippen MR) is 33.2 cm³/mol. The van der Waals surface area contributed by atoms with Gasteiger partial charge in [-0.15, -0.1) is 5.57 Å². The van der Waals surface area contributed by atoms with E-state index in [9.17, 15) is 0 Å². The van der Waals surface area contributed by atoms with Crippen molar-refractivity contribution in [3.8, 4) is 0 Å². The largest absolute Gasteiger partial charge is 0.409 e. The van der Waals surface area contributed by atoms with Crippen molar-refractivity contribution >= 4 is 0 Å². The average molecular weight is 109 g/mol. The summed E-state index contributed by atoms with van der Waals surface area (Å²) in [6, 6.07) is 0. The molecule has 1 rings (SSSR count). The lowest BCUT2D eigenvalue weighted by Gasteiger charge is -2.17. The molecule has 0 fully saturated rings. The maximum Gasteiger partial charge on any atom is 0.00732 e. The summed E-state index contributed by atoms with van der Waals surface area (Å²) in [6.45, 7) is 1.91. The first-order chi connectivity index (χ1) is 3.80. The molecule has 0 radical (unpaired) electrons. The summed E-state index contributed by atoms with van der Waals surface area (Å²) in [6.07, 6.45) is 7.08. The Labute approximate surface area is 49.3 Å². The summed E-state index contributed by atoms with van der Waals surface area (Å²) in [7, 11) is 0. The van der Waals surface area contributed by atoms with Gasteiger partial charge in [-0.3, -0.25) is 0 Å². The number of hydrogen-bond donors (Lipinski definition) is 1. The summed E-state index contributed by atoms with van der Waals surface area (Å²) in [5.41, 5.74) is 1.01. The van der Waals surface area contributed by atoms with E-state index in [0.29, 0.717) is 0 Å². The van der Waals surface area contributed by atoms with Gasteiger partial charge in [-0.1, -0.05) is 6.92 Å². The first-order valence-electron chi connectivity index (χ1n) is 2.67. The van der Waals surface area contributed by atoms with Crippen molar-refractivity contribution < 1.29 is 5.11 Å². The first kappa shape index (κ1) is 5.45. The van der Waals surface area contributed by atoms with E-state index in [0.717, 1.165) is 5.57 Å². The fourth-order valence-corrected chi connectivity index (χ4v) is 0.627. The third-order valence-electron chi connectivity index (χ3n) is 1.23. The monoisotopic (exact) mass is 109 g/mol. The normalized spacial score (nSPS) is 26.8. The van der Waals surface area contributed by atoms with Gasteiger partial charge in [0.25, 0.3) is 0 Å². The van der Waals surface area contributed by atoms with Gasteiger partial charge < -0.3 is 5.11 Å². The molecule has 44 valence electrons. The van der Waals surface area contributed by atoms with Crippen LogP contribution in [-0.2, 0) is 0 Å². The molecule has 0 unspecified atom stereocenters. The first-order valence-corrected chi connectivity index (χ1v) is 2.67.